The Morgan fingerprint density at radius 3 is 1.20 bits per heavy atom. The Morgan fingerprint density at radius 1 is 0.540 bits per heavy atom. The first-order valence-corrected chi connectivity index (χ1v) is 17.0. The zero-order valence-corrected chi connectivity index (χ0v) is 28.2. The Kier molecular flexibility index (Phi) is 9.08. The third-order valence-corrected chi connectivity index (χ3v) is 9.82. The Morgan fingerprint density at radius 2 is 0.880 bits per heavy atom. The average Bonchev–Trinajstić information content (AvgIpc) is 3.99. The number of benzene rings is 1. The second-order valence-corrected chi connectivity index (χ2v) is 13.1. The van der Waals surface area contributed by atoms with Crippen LogP contribution in [-0.2, 0) is 20.3 Å². The molecule has 0 fully saturated rings. The summed E-state index contributed by atoms with van der Waals surface area (Å²) in [6.45, 7) is 4.83. The van der Waals surface area contributed by atoms with Gasteiger partial charge in [0.15, 0.2) is 0 Å². The summed E-state index contributed by atoms with van der Waals surface area (Å²) in [5, 5.41) is 1.60. The van der Waals surface area contributed by atoms with Crippen LogP contribution in [0.5, 0.6) is 0 Å². The van der Waals surface area contributed by atoms with Gasteiger partial charge in [-0.2, -0.15) is 0 Å². The maximum atomic E-state index is 13.2. The zero-order valence-electron chi connectivity index (χ0n) is 28.2. The van der Waals surface area contributed by atoms with Crippen LogP contribution in [0.3, 0.4) is 0 Å². The van der Waals surface area contributed by atoms with Crippen molar-refractivity contribution in [2.45, 2.75) is 50.4 Å². The van der Waals surface area contributed by atoms with Crippen LogP contribution in [0.25, 0.3) is 21.8 Å². The number of ether oxygens (including phenoxy) is 2. The first-order chi connectivity index (χ1) is 24.3. The van der Waals surface area contributed by atoms with Crippen molar-refractivity contribution in [1.29, 1.82) is 0 Å². The fourth-order valence-corrected chi connectivity index (χ4v) is 6.85. The highest BCUT2D eigenvalue weighted by Crippen LogP contribution is 2.36. The number of nitrogens with zero attached hydrogens (tertiary/aromatic N) is 2. The molecule has 1 aromatic carbocycles. The molecule has 7 rings (SSSR count). The van der Waals surface area contributed by atoms with Crippen molar-refractivity contribution in [3.63, 3.8) is 0 Å². The molecule has 4 N–H and O–H groups in total. The van der Waals surface area contributed by atoms with Crippen LogP contribution in [0.4, 0.5) is 0 Å². The van der Waals surface area contributed by atoms with Gasteiger partial charge in [0.05, 0.1) is 24.2 Å². The highest BCUT2D eigenvalue weighted by molar-refractivity contribution is 6.05. The van der Waals surface area contributed by atoms with Gasteiger partial charge in [0.1, 0.15) is 11.4 Å². The summed E-state index contributed by atoms with van der Waals surface area (Å²) in [4.78, 5) is 49.0. The number of aromatic nitrogens is 6. The van der Waals surface area contributed by atoms with Crippen LogP contribution in [0, 0.1) is 0 Å². The van der Waals surface area contributed by atoms with E-state index in [1.165, 1.54) is 0 Å². The molecule has 0 saturated carbocycles. The molecule has 0 aliphatic rings. The SMILES string of the molecule is CC(CCCOC(=O)c1ccc2ccc3ccc(C(=O)OCCCC(C)(c4ccc[nH]4)c4ccc[nH]4)nc3c2n1)(c1ccc[nH]1)c1ccc[nH]1. The molecule has 0 aliphatic carbocycles. The van der Waals surface area contributed by atoms with Crippen molar-refractivity contribution in [3.05, 3.63) is 144 Å². The number of pyridine rings is 2. The van der Waals surface area contributed by atoms with E-state index in [-0.39, 0.29) is 35.4 Å². The van der Waals surface area contributed by atoms with E-state index in [1.54, 1.807) is 12.1 Å². The van der Waals surface area contributed by atoms with E-state index < -0.39 is 11.9 Å². The normalized spacial score (nSPS) is 12.0. The van der Waals surface area contributed by atoms with Gasteiger partial charge in [-0.3, -0.25) is 0 Å². The minimum absolute atomic E-state index is 0.184. The highest BCUT2D eigenvalue weighted by Gasteiger charge is 2.32. The highest BCUT2D eigenvalue weighted by atomic mass is 16.5. The number of esters is 2. The number of nitrogens with one attached hydrogen (secondary N) is 4. The van der Waals surface area contributed by atoms with E-state index in [1.807, 2.05) is 73.3 Å². The van der Waals surface area contributed by atoms with Crippen molar-refractivity contribution >= 4 is 33.7 Å². The number of carbonyl (C=O) groups is 2. The molecule has 0 spiro atoms. The van der Waals surface area contributed by atoms with Crippen LogP contribution < -0.4 is 0 Å². The van der Waals surface area contributed by atoms with E-state index in [4.69, 9.17) is 9.47 Å². The maximum Gasteiger partial charge on any atom is 0.356 e. The van der Waals surface area contributed by atoms with Crippen LogP contribution >= 0.6 is 0 Å². The molecule has 10 nitrogen and oxygen atoms in total. The summed E-state index contributed by atoms with van der Waals surface area (Å²) in [7, 11) is 0. The summed E-state index contributed by atoms with van der Waals surface area (Å²) in [5.74, 6) is -1.02. The van der Waals surface area contributed by atoms with Gasteiger partial charge in [-0.25, -0.2) is 19.6 Å². The third-order valence-electron chi connectivity index (χ3n) is 9.82. The summed E-state index contributed by atoms with van der Waals surface area (Å²) in [6.07, 6.45) is 10.5. The molecule has 10 heteroatoms. The minimum atomic E-state index is -0.508. The molecule has 254 valence electrons. The monoisotopic (exact) mass is 668 g/mol. The second kappa shape index (κ2) is 13.9. The van der Waals surface area contributed by atoms with E-state index in [0.717, 1.165) is 46.4 Å². The minimum Gasteiger partial charge on any atom is -0.461 e. The van der Waals surface area contributed by atoms with E-state index in [9.17, 15) is 9.59 Å². The summed E-state index contributed by atoms with van der Waals surface area (Å²) < 4.78 is 11.4. The van der Waals surface area contributed by atoms with Crippen molar-refractivity contribution in [3.8, 4) is 0 Å². The number of rotatable bonds is 14. The topological polar surface area (TPSA) is 142 Å². The molecule has 0 saturated heterocycles. The fourth-order valence-electron chi connectivity index (χ4n) is 6.85. The average molecular weight is 669 g/mol. The lowest BCUT2D eigenvalue weighted by Crippen LogP contribution is -2.25. The summed E-state index contributed by atoms with van der Waals surface area (Å²) in [5.41, 5.74) is 5.20. The predicted molar refractivity (Wildman–Crippen MR) is 192 cm³/mol. The first kappa shape index (κ1) is 32.6. The third kappa shape index (κ3) is 6.44. The lowest BCUT2D eigenvalue weighted by Gasteiger charge is -2.28. The molecular formula is C40H40N6O4. The molecule has 7 aromatic rings. The van der Waals surface area contributed by atoms with E-state index >= 15 is 0 Å². The molecule has 0 atom stereocenters. The lowest BCUT2D eigenvalue weighted by atomic mass is 9.79. The molecule has 0 aliphatic heterocycles. The molecule has 6 heterocycles. The largest absolute Gasteiger partial charge is 0.461 e. The first-order valence-electron chi connectivity index (χ1n) is 17.0. The molecule has 0 radical (unpaired) electrons. The summed E-state index contributed by atoms with van der Waals surface area (Å²) in [6, 6.07) is 27.0. The number of hydrogen-bond acceptors (Lipinski definition) is 6. The number of hydrogen-bond donors (Lipinski definition) is 4. The predicted octanol–water partition coefficient (Wildman–Crippen LogP) is 7.98. The quantitative estimate of drug-likeness (QED) is 0.0526. The van der Waals surface area contributed by atoms with Gasteiger partial charge in [0.2, 0.25) is 0 Å². The second-order valence-electron chi connectivity index (χ2n) is 13.1. The Balaban J connectivity index is 1.00. The Hall–Kier alpha value is -5.90. The standard InChI is InChI=1S/C40H40N6O4/c1-39(31-9-3-21-41-31,32-10-4-22-42-32)19-7-25-49-37(47)29-17-15-27-13-14-28-16-18-30(46-36(28)35(27)45-29)38(48)50-26-8-20-40(2,33-11-5-23-43-33)34-12-6-24-44-34/h3-6,9-18,21-24,41-44H,7-8,19-20,25-26H2,1-2H3. The van der Waals surface area contributed by atoms with Gasteiger partial charge < -0.3 is 29.4 Å². The van der Waals surface area contributed by atoms with Gasteiger partial charge >= 0.3 is 11.9 Å². The van der Waals surface area contributed by atoms with Crippen molar-refractivity contribution in [1.82, 2.24) is 29.9 Å². The van der Waals surface area contributed by atoms with Crippen LogP contribution in [0.2, 0.25) is 0 Å². The lowest BCUT2D eigenvalue weighted by molar-refractivity contribution is 0.0477. The van der Waals surface area contributed by atoms with Crippen molar-refractivity contribution < 1.29 is 19.1 Å². The van der Waals surface area contributed by atoms with Crippen molar-refractivity contribution in [2.75, 3.05) is 13.2 Å². The molecule has 6 aromatic heterocycles. The molecule has 0 unspecified atom stereocenters. The molecule has 50 heavy (non-hydrogen) atoms. The van der Waals surface area contributed by atoms with Crippen LogP contribution in [0.1, 0.15) is 83.3 Å². The van der Waals surface area contributed by atoms with Crippen LogP contribution in [0.15, 0.2) is 110 Å². The van der Waals surface area contributed by atoms with Gasteiger partial charge in [0, 0.05) is 69.2 Å². The van der Waals surface area contributed by atoms with E-state index in [0.29, 0.717) is 23.9 Å². The molecule has 0 bridgehead atoms. The number of aromatic amines is 4. The van der Waals surface area contributed by atoms with Gasteiger partial charge in [-0.15, -0.1) is 0 Å². The molecule has 0 amide bonds. The maximum absolute atomic E-state index is 13.2. The molecular weight excluding hydrogens is 628 g/mol. The smallest absolute Gasteiger partial charge is 0.356 e. The fraction of sp³-hybridized carbons (Fsp3) is 0.250. The van der Waals surface area contributed by atoms with Gasteiger partial charge in [-0.05, 0) is 100 Å². The summed E-state index contributed by atoms with van der Waals surface area (Å²) >= 11 is 0. The Labute approximate surface area is 289 Å². The van der Waals surface area contributed by atoms with Crippen molar-refractivity contribution in [2.24, 2.45) is 0 Å². The van der Waals surface area contributed by atoms with E-state index in [2.05, 4.69) is 68.0 Å². The zero-order chi connectivity index (χ0) is 34.6. The van der Waals surface area contributed by atoms with Gasteiger partial charge in [0.25, 0.3) is 0 Å². The number of carbonyl (C=O) groups excluding carboxylic acids is 2. The van der Waals surface area contributed by atoms with Gasteiger partial charge in [-0.1, -0.05) is 24.3 Å². The number of fused-ring (bicyclic) bond motifs is 3. The number of H-pyrrole nitrogens is 4. The van der Waals surface area contributed by atoms with Crippen LogP contribution in [-0.4, -0.2) is 55.1 Å². The Bertz CT molecular complexity index is 1960.